The van der Waals surface area contributed by atoms with E-state index in [0.717, 1.165) is 5.56 Å². The fraction of sp³-hybridized carbons (Fsp3) is 0.231. The smallest absolute Gasteiger partial charge is 0.247 e. The lowest BCUT2D eigenvalue weighted by Gasteiger charge is -2.09. The molecule has 0 aliphatic carbocycles. The van der Waals surface area contributed by atoms with Crippen LogP contribution in [0.2, 0.25) is 0 Å². The quantitative estimate of drug-likeness (QED) is 0.807. The SMILES string of the molecule is C=CC(=O)Nc1ccccc1C1=N[C@H](C)CO1. The maximum absolute atomic E-state index is 11.3. The number of hydrogen-bond acceptors (Lipinski definition) is 3. The van der Waals surface area contributed by atoms with Gasteiger partial charge in [0.15, 0.2) is 0 Å². The van der Waals surface area contributed by atoms with Crippen molar-refractivity contribution >= 4 is 17.5 Å². The second-order valence-electron chi connectivity index (χ2n) is 3.83. The lowest BCUT2D eigenvalue weighted by Crippen LogP contribution is -2.12. The first kappa shape index (κ1) is 11.4. The summed E-state index contributed by atoms with van der Waals surface area (Å²) in [6.07, 6.45) is 1.23. The van der Waals surface area contributed by atoms with Crippen molar-refractivity contribution < 1.29 is 9.53 Å². The van der Waals surface area contributed by atoms with Crippen LogP contribution in [0, 0.1) is 0 Å². The van der Waals surface area contributed by atoms with Gasteiger partial charge in [-0.25, -0.2) is 4.99 Å². The fourth-order valence-corrected chi connectivity index (χ4v) is 1.58. The Morgan fingerprint density at radius 1 is 1.59 bits per heavy atom. The minimum atomic E-state index is -0.246. The predicted octanol–water partition coefficient (Wildman–Crippen LogP) is 1.98. The monoisotopic (exact) mass is 230 g/mol. The van der Waals surface area contributed by atoms with Crippen molar-refractivity contribution in [3.05, 3.63) is 42.5 Å². The van der Waals surface area contributed by atoms with Gasteiger partial charge < -0.3 is 10.1 Å². The third-order valence-electron chi connectivity index (χ3n) is 2.40. The van der Waals surface area contributed by atoms with Crippen LogP contribution < -0.4 is 5.32 Å². The number of rotatable bonds is 3. The summed E-state index contributed by atoms with van der Waals surface area (Å²) in [6.45, 7) is 5.99. The normalized spacial score (nSPS) is 18.2. The molecule has 1 aromatic rings. The van der Waals surface area contributed by atoms with E-state index in [1.54, 1.807) is 0 Å². The van der Waals surface area contributed by atoms with Gasteiger partial charge in [-0.15, -0.1) is 0 Å². The molecule has 1 amide bonds. The molecular weight excluding hydrogens is 216 g/mol. The minimum Gasteiger partial charge on any atom is -0.475 e. The Bertz CT molecular complexity index is 480. The molecule has 0 aromatic heterocycles. The Morgan fingerprint density at radius 2 is 2.35 bits per heavy atom. The van der Waals surface area contributed by atoms with Gasteiger partial charge in [0.05, 0.1) is 17.3 Å². The zero-order valence-corrected chi connectivity index (χ0v) is 9.64. The first-order valence-corrected chi connectivity index (χ1v) is 5.44. The van der Waals surface area contributed by atoms with Gasteiger partial charge in [0, 0.05) is 0 Å². The van der Waals surface area contributed by atoms with E-state index in [-0.39, 0.29) is 11.9 Å². The molecule has 1 aliphatic rings. The van der Waals surface area contributed by atoms with Crippen molar-refractivity contribution in [2.75, 3.05) is 11.9 Å². The Kier molecular flexibility index (Phi) is 3.23. The molecule has 0 spiro atoms. The number of aliphatic imine (C=N–C) groups is 1. The molecule has 1 aliphatic heterocycles. The van der Waals surface area contributed by atoms with Gasteiger partial charge in [0.2, 0.25) is 11.8 Å². The number of anilines is 1. The number of ether oxygens (including phenoxy) is 1. The molecule has 0 unspecified atom stereocenters. The van der Waals surface area contributed by atoms with E-state index in [1.165, 1.54) is 6.08 Å². The summed E-state index contributed by atoms with van der Waals surface area (Å²) in [7, 11) is 0. The van der Waals surface area contributed by atoms with Gasteiger partial charge in [-0.1, -0.05) is 18.7 Å². The highest BCUT2D eigenvalue weighted by Crippen LogP contribution is 2.20. The van der Waals surface area contributed by atoms with Gasteiger partial charge in [-0.05, 0) is 25.1 Å². The average Bonchev–Trinajstić information content (AvgIpc) is 2.76. The van der Waals surface area contributed by atoms with Crippen molar-refractivity contribution in [1.29, 1.82) is 0 Å². The van der Waals surface area contributed by atoms with E-state index in [1.807, 2.05) is 31.2 Å². The van der Waals surface area contributed by atoms with Crippen molar-refractivity contribution in [1.82, 2.24) is 0 Å². The van der Waals surface area contributed by atoms with Crippen LogP contribution in [0.25, 0.3) is 0 Å². The standard InChI is InChI=1S/C13H14N2O2/c1-3-12(16)15-11-7-5-4-6-10(11)13-14-9(2)8-17-13/h3-7,9H,1,8H2,2H3,(H,15,16)/t9-/m1/s1. The molecular formula is C13H14N2O2. The Morgan fingerprint density at radius 3 is 3.00 bits per heavy atom. The van der Waals surface area contributed by atoms with Gasteiger partial charge in [0.1, 0.15) is 6.61 Å². The highest BCUT2D eigenvalue weighted by atomic mass is 16.5. The van der Waals surface area contributed by atoms with Crippen molar-refractivity contribution in [2.45, 2.75) is 13.0 Å². The van der Waals surface area contributed by atoms with Crippen molar-refractivity contribution in [3.63, 3.8) is 0 Å². The highest BCUT2D eigenvalue weighted by Gasteiger charge is 2.18. The Balaban J connectivity index is 2.31. The number of nitrogens with one attached hydrogen (secondary N) is 1. The third-order valence-corrected chi connectivity index (χ3v) is 2.40. The van der Waals surface area contributed by atoms with Crippen LogP contribution in [0.15, 0.2) is 41.9 Å². The van der Waals surface area contributed by atoms with Crippen molar-refractivity contribution in [3.8, 4) is 0 Å². The summed E-state index contributed by atoms with van der Waals surface area (Å²) in [5.74, 6) is 0.335. The van der Waals surface area contributed by atoms with E-state index in [0.29, 0.717) is 18.2 Å². The molecule has 0 radical (unpaired) electrons. The van der Waals surface area contributed by atoms with E-state index in [4.69, 9.17) is 4.74 Å². The van der Waals surface area contributed by atoms with Gasteiger partial charge in [-0.3, -0.25) is 4.79 Å². The van der Waals surface area contributed by atoms with Crippen molar-refractivity contribution in [2.24, 2.45) is 4.99 Å². The molecule has 1 heterocycles. The topological polar surface area (TPSA) is 50.7 Å². The molecule has 1 N–H and O–H groups in total. The molecule has 17 heavy (non-hydrogen) atoms. The van der Waals surface area contributed by atoms with Crippen LogP contribution in [-0.4, -0.2) is 24.5 Å². The molecule has 2 rings (SSSR count). The largest absolute Gasteiger partial charge is 0.475 e. The van der Waals surface area contributed by atoms with Crippen LogP contribution in [-0.2, 0) is 9.53 Å². The van der Waals surface area contributed by atoms with Gasteiger partial charge in [0.25, 0.3) is 0 Å². The summed E-state index contributed by atoms with van der Waals surface area (Å²) >= 11 is 0. The fourth-order valence-electron chi connectivity index (χ4n) is 1.58. The predicted molar refractivity (Wildman–Crippen MR) is 67.2 cm³/mol. The lowest BCUT2D eigenvalue weighted by atomic mass is 10.1. The molecule has 1 aromatic carbocycles. The second kappa shape index (κ2) is 4.82. The molecule has 1 atom stereocenters. The van der Waals surface area contributed by atoms with Crippen LogP contribution in [0.4, 0.5) is 5.69 Å². The third kappa shape index (κ3) is 2.53. The number of para-hydroxylation sites is 1. The van der Waals surface area contributed by atoms with E-state index in [2.05, 4.69) is 16.9 Å². The zero-order valence-electron chi connectivity index (χ0n) is 9.64. The van der Waals surface area contributed by atoms with Gasteiger partial charge in [-0.2, -0.15) is 0 Å². The second-order valence-corrected chi connectivity index (χ2v) is 3.83. The minimum absolute atomic E-state index is 0.160. The Hall–Kier alpha value is -2.10. The number of amides is 1. The molecule has 0 fully saturated rings. The van der Waals surface area contributed by atoms with Crippen LogP contribution in [0.1, 0.15) is 12.5 Å². The molecule has 0 saturated carbocycles. The first-order chi connectivity index (χ1) is 8.20. The maximum atomic E-state index is 11.3. The summed E-state index contributed by atoms with van der Waals surface area (Å²) in [4.78, 5) is 15.7. The van der Waals surface area contributed by atoms with E-state index in [9.17, 15) is 4.79 Å². The van der Waals surface area contributed by atoms with E-state index >= 15 is 0 Å². The maximum Gasteiger partial charge on any atom is 0.247 e. The highest BCUT2D eigenvalue weighted by molar-refractivity contribution is 6.06. The Labute approximate surface area is 100 Å². The molecule has 4 heteroatoms. The van der Waals surface area contributed by atoms with Crippen LogP contribution >= 0.6 is 0 Å². The number of carbonyl (C=O) groups is 1. The average molecular weight is 230 g/mol. The van der Waals surface area contributed by atoms with E-state index < -0.39 is 0 Å². The number of benzene rings is 1. The zero-order chi connectivity index (χ0) is 12.3. The molecule has 4 nitrogen and oxygen atoms in total. The summed E-state index contributed by atoms with van der Waals surface area (Å²) in [5, 5.41) is 2.73. The number of carbonyl (C=O) groups excluding carboxylic acids is 1. The summed E-state index contributed by atoms with van der Waals surface area (Å²) in [5.41, 5.74) is 1.48. The number of hydrogen-bond donors (Lipinski definition) is 1. The van der Waals surface area contributed by atoms with Crippen LogP contribution in [0.5, 0.6) is 0 Å². The molecule has 0 saturated heterocycles. The number of nitrogens with zero attached hydrogens (tertiary/aromatic N) is 1. The molecule has 0 bridgehead atoms. The van der Waals surface area contributed by atoms with Crippen LogP contribution in [0.3, 0.4) is 0 Å². The molecule has 88 valence electrons. The first-order valence-electron chi connectivity index (χ1n) is 5.44. The summed E-state index contributed by atoms with van der Waals surface area (Å²) in [6, 6.07) is 7.57. The lowest BCUT2D eigenvalue weighted by molar-refractivity contribution is -0.111. The summed E-state index contributed by atoms with van der Waals surface area (Å²) < 4.78 is 5.48. The van der Waals surface area contributed by atoms with Gasteiger partial charge >= 0.3 is 0 Å².